The van der Waals surface area contributed by atoms with Crippen molar-refractivity contribution in [3.05, 3.63) is 360 Å². The normalized spacial score (nSPS) is 13.9. The SMILES string of the molecule is c1ccc2c(c1)-c1ccccc1C21c2ccccc2-c2c(N(c3cccc4ccccc34)c3ccc4ccc5c(N(c6cccc7c6-c6ccccc6C76c7ccccc7-c7ccccc76)c6cccc7ccccc67)ccc6ccc3c4c65)cccc21. The van der Waals surface area contributed by atoms with Gasteiger partial charge in [0, 0.05) is 32.7 Å². The van der Waals surface area contributed by atoms with Crippen LogP contribution in [0.2, 0.25) is 0 Å². The molecular weight excluding hydrogens is 1060 g/mol. The van der Waals surface area contributed by atoms with E-state index in [4.69, 9.17) is 0 Å². The molecule has 16 aromatic rings. The fourth-order valence-corrected chi connectivity index (χ4v) is 17.4. The average Bonchev–Trinajstić information content (AvgIpc) is 1.49. The molecule has 2 heteroatoms. The second-order valence-electron chi connectivity index (χ2n) is 24.4. The molecule has 0 N–H and O–H groups in total. The van der Waals surface area contributed by atoms with Crippen LogP contribution in [0.3, 0.4) is 0 Å². The van der Waals surface area contributed by atoms with Gasteiger partial charge in [-0.05, 0) is 147 Å². The van der Waals surface area contributed by atoms with Gasteiger partial charge in [0.25, 0.3) is 0 Å². The highest BCUT2D eigenvalue weighted by molar-refractivity contribution is 6.29. The van der Waals surface area contributed by atoms with Crippen LogP contribution in [-0.2, 0) is 10.8 Å². The number of nitrogens with zero attached hydrogens (tertiary/aromatic N) is 2. The van der Waals surface area contributed by atoms with Crippen molar-refractivity contribution in [3.63, 3.8) is 0 Å². The Hall–Kier alpha value is -11.3. The van der Waals surface area contributed by atoms with Crippen LogP contribution in [0.1, 0.15) is 44.5 Å². The molecule has 2 spiro atoms. The maximum absolute atomic E-state index is 2.61. The number of rotatable bonds is 6. The Bertz CT molecular complexity index is 5240. The highest BCUT2D eigenvalue weighted by atomic mass is 15.2. The van der Waals surface area contributed by atoms with Crippen molar-refractivity contribution in [2.75, 3.05) is 9.80 Å². The summed E-state index contributed by atoms with van der Waals surface area (Å²) in [5, 5.41) is 12.1. The van der Waals surface area contributed by atoms with Crippen LogP contribution in [0.15, 0.2) is 315 Å². The van der Waals surface area contributed by atoms with Crippen LogP contribution >= 0.6 is 0 Å². The number of hydrogen-bond donors (Lipinski definition) is 0. The molecule has 4 aliphatic carbocycles. The van der Waals surface area contributed by atoms with Crippen LogP contribution < -0.4 is 9.80 Å². The van der Waals surface area contributed by atoms with Gasteiger partial charge >= 0.3 is 0 Å². The Morgan fingerprint density at radius 2 is 0.443 bits per heavy atom. The molecule has 0 amide bonds. The van der Waals surface area contributed by atoms with Crippen molar-refractivity contribution in [1.82, 2.24) is 0 Å². The van der Waals surface area contributed by atoms with E-state index in [0.717, 1.165) is 34.1 Å². The summed E-state index contributed by atoms with van der Waals surface area (Å²) in [6, 6.07) is 120. The van der Waals surface area contributed by atoms with Crippen molar-refractivity contribution in [2.45, 2.75) is 10.8 Å². The Morgan fingerprint density at radius 1 is 0.170 bits per heavy atom. The second-order valence-corrected chi connectivity index (χ2v) is 24.4. The number of benzene rings is 16. The maximum Gasteiger partial charge on any atom is 0.0726 e. The van der Waals surface area contributed by atoms with E-state index < -0.39 is 10.8 Å². The Morgan fingerprint density at radius 3 is 0.841 bits per heavy atom. The molecule has 16 aromatic carbocycles. The molecule has 0 bridgehead atoms. The summed E-state index contributed by atoms with van der Waals surface area (Å²) >= 11 is 0. The lowest BCUT2D eigenvalue weighted by Crippen LogP contribution is -2.26. The van der Waals surface area contributed by atoms with Gasteiger partial charge in [0.2, 0.25) is 0 Å². The third-order valence-corrected chi connectivity index (χ3v) is 20.6. The summed E-state index contributed by atoms with van der Waals surface area (Å²) in [6.07, 6.45) is 0. The number of fused-ring (bicyclic) bond motifs is 22. The molecule has 2 nitrogen and oxygen atoms in total. The second kappa shape index (κ2) is 17.6. The van der Waals surface area contributed by atoms with E-state index in [1.807, 2.05) is 0 Å². The van der Waals surface area contributed by atoms with Crippen molar-refractivity contribution >= 4 is 88.0 Å². The lowest BCUT2D eigenvalue weighted by Gasteiger charge is -2.33. The van der Waals surface area contributed by atoms with Gasteiger partial charge in [-0.25, -0.2) is 0 Å². The third kappa shape index (κ3) is 5.97. The van der Waals surface area contributed by atoms with E-state index >= 15 is 0 Å². The third-order valence-electron chi connectivity index (χ3n) is 20.6. The largest absolute Gasteiger partial charge is 0.309 e. The summed E-state index contributed by atoms with van der Waals surface area (Å²) in [4.78, 5) is 5.22. The zero-order chi connectivity index (χ0) is 57.4. The molecule has 20 rings (SSSR count). The van der Waals surface area contributed by atoms with Gasteiger partial charge in [-0.2, -0.15) is 0 Å². The fourth-order valence-electron chi connectivity index (χ4n) is 17.4. The Kier molecular flexibility index (Phi) is 9.62. The summed E-state index contributed by atoms with van der Waals surface area (Å²) < 4.78 is 0. The summed E-state index contributed by atoms with van der Waals surface area (Å²) in [7, 11) is 0. The summed E-state index contributed by atoms with van der Waals surface area (Å²) in [6.45, 7) is 0. The Labute approximate surface area is 510 Å². The Balaban J connectivity index is 0.862. The first kappa shape index (κ1) is 48.0. The van der Waals surface area contributed by atoms with Crippen LogP contribution in [0.25, 0.3) is 98.4 Å². The van der Waals surface area contributed by atoms with Gasteiger partial charge in [0.05, 0.1) is 45.0 Å². The molecular formula is C86H52N2. The lowest BCUT2D eigenvalue weighted by molar-refractivity contribution is 0.794. The quantitative estimate of drug-likeness (QED) is 0.153. The average molecular weight is 1110 g/mol. The minimum Gasteiger partial charge on any atom is -0.309 e. The predicted octanol–water partition coefficient (Wildman–Crippen LogP) is 22.5. The van der Waals surface area contributed by atoms with Gasteiger partial charge in [-0.15, -0.1) is 0 Å². The van der Waals surface area contributed by atoms with E-state index in [9.17, 15) is 0 Å². The summed E-state index contributed by atoms with van der Waals surface area (Å²) in [5.74, 6) is 0. The molecule has 0 radical (unpaired) electrons. The van der Waals surface area contributed by atoms with Gasteiger partial charge in [-0.3, -0.25) is 0 Å². The molecule has 406 valence electrons. The lowest BCUT2D eigenvalue weighted by atomic mass is 9.70. The topological polar surface area (TPSA) is 6.48 Å². The van der Waals surface area contributed by atoms with Gasteiger partial charge < -0.3 is 9.80 Å². The zero-order valence-electron chi connectivity index (χ0n) is 47.9. The molecule has 0 atom stereocenters. The van der Waals surface area contributed by atoms with Gasteiger partial charge in [0.15, 0.2) is 0 Å². The first-order valence-corrected chi connectivity index (χ1v) is 30.8. The highest BCUT2D eigenvalue weighted by Gasteiger charge is 2.54. The molecule has 0 saturated carbocycles. The van der Waals surface area contributed by atoms with Crippen LogP contribution in [0.5, 0.6) is 0 Å². The first-order chi connectivity index (χ1) is 43.7. The van der Waals surface area contributed by atoms with Gasteiger partial charge in [0.1, 0.15) is 0 Å². The van der Waals surface area contributed by atoms with Gasteiger partial charge in [-0.1, -0.05) is 279 Å². The van der Waals surface area contributed by atoms with Crippen molar-refractivity contribution in [3.8, 4) is 44.5 Å². The monoisotopic (exact) mass is 1110 g/mol. The molecule has 0 fully saturated rings. The van der Waals surface area contributed by atoms with E-state index in [0.29, 0.717) is 0 Å². The van der Waals surface area contributed by atoms with E-state index in [1.165, 1.54) is 143 Å². The fraction of sp³-hybridized carbons (Fsp3) is 0.0233. The molecule has 88 heavy (non-hydrogen) atoms. The summed E-state index contributed by atoms with van der Waals surface area (Å²) in [5.41, 5.74) is 26.8. The van der Waals surface area contributed by atoms with Crippen LogP contribution in [-0.4, -0.2) is 0 Å². The molecule has 0 aromatic heterocycles. The van der Waals surface area contributed by atoms with E-state index in [1.54, 1.807) is 0 Å². The molecule has 4 aliphatic rings. The van der Waals surface area contributed by atoms with Crippen molar-refractivity contribution in [2.24, 2.45) is 0 Å². The van der Waals surface area contributed by atoms with Crippen molar-refractivity contribution in [1.29, 1.82) is 0 Å². The zero-order valence-corrected chi connectivity index (χ0v) is 47.9. The minimum atomic E-state index is -0.498. The molecule has 0 heterocycles. The molecule has 0 unspecified atom stereocenters. The number of hydrogen-bond acceptors (Lipinski definition) is 2. The standard InChI is InChI=1S/C86H52N2/c1-3-25-57-53(21-1)23-17-41-75(57)87(79-43-19-39-73-83(79)63-31-9-15-37-71(63)85(73)67-33-11-5-27-59(67)60-28-6-12-34-68(60)85)77-51-47-55-46-50-66-78(52-48-56-45-49-65(77)81(55)82(56)66)88(76-42-18-24-54-22-2-4-26-58(54)76)80-44-20-40-74-84(80)64-32-10-16-38-72(64)86(74)69-35-13-7-29-61(69)62-30-8-14-36-70(62)86/h1-52H. The highest BCUT2D eigenvalue weighted by Crippen LogP contribution is 2.67. The van der Waals surface area contributed by atoms with E-state index in [2.05, 4.69) is 325 Å². The van der Waals surface area contributed by atoms with Crippen LogP contribution in [0, 0.1) is 0 Å². The number of anilines is 6. The predicted molar refractivity (Wildman–Crippen MR) is 367 cm³/mol. The first-order valence-electron chi connectivity index (χ1n) is 30.8. The maximum atomic E-state index is 2.61. The molecule has 0 saturated heterocycles. The molecule has 0 aliphatic heterocycles. The van der Waals surface area contributed by atoms with E-state index in [-0.39, 0.29) is 0 Å². The van der Waals surface area contributed by atoms with Crippen LogP contribution in [0.4, 0.5) is 34.1 Å². The minimum absolute atomic E-state index is 0.498. The smallest absolute Gasteiger partial charge is 0.0726 e. The van der Waals surface area contributed by atoms with Crippen molar-refractivity contribution < 1.29 is 0 Å².